The fourth-order valence-electron chi connectivity index (χ4n) is 4.16. The zero-order chi connectivity index (χ0) is 33.1. The van der Waals surface area contributed by atoms with Crippen LogP contribution in [0.3, 0.4) is 0 Å². The first-order chi connectivity index (χ1) is 21.2. The second-order valence-corrected chi connectivity index (χ2v) is 9.19. The lowest BCUT2D eigenvalue weighted by atomic mass is 10.1. The van der Waals surface area contributed by atoms with Crippen molar-refractivity contribution in [2.45, 2.75) is 18.8 Å². The van der Waals surface area contributed by atoms with Gasteiger partial charge >= 0.3 is 18.1 Å². The first-order valence-electron chi connectivity index (χ1n) is 12.6. The van der Waals surface area contributed by atoms with Crippen LogP contribution in [0.5, 0.6) is 5.75 Å². The van der Waals surface area contributed by atoms with Crippen molar-refractivity contribution >= 4 is 28.7 Å². The van der Waals surface area contributed by atoms with Gasteiger partial charge in [0.25, 0.3) is 5.91 Å². The van der Waals surface area contributed by atoms with E-state index in [1.807, 2.05) is 0 Å². The Morgan fingerprint density at radius 1 is 1.11 bits per heavy atom. The van der Waals surface area contributed by atoms with E-state index >= 15 is 0 Å². The van der Waals surface area contributed by atoms with Crippen LogP contribution in [0.15, 0.2) is 59.0 Å². The largest absolute Gasteiger partial charge is 0.626 e. The smallest absolute Gasteiger partial charge is 0.433 e. The number of rotatable bonds is 10. The van der Waals surface area contributed by atoms with Crippen LogP contribution in [0, 0.1) is 16.8 Å². The van der Waals surface area contributed by atoms with Crippen molar-refractivity contribution in [3.8, 4) is 17.2 Å². The molecule has 45 heavy (non-hydrogen) atoms. The highest BCUT2D eigenvalue weighted by Crippen LogP contribution is 2.37. The van der Waals surface area contributed by atoms with Gasteiger partial charge in [0.15, 0.2) is 17.5 Å². The standard InChI is InChI=1S/C28H21F5N4O8/c1-44-19-6-4-16(15-5-7-20(28(31,32)33)35-23(15)19)27-36-24(26(42)34-11-13-2-3-14(29)10-17(13)30)25(45-27)18(12-38)37(43)21(39)8-9-22(40)41/h2-10,18,37-38H,11-12H2,1H3,(H,34,42)(H,40,41)/b9-8+/t18-/m0/s1. The number of pyridine rings is 1. The molecule has 4 N–H and O–H groups in total. The van der Waals surface area contributed by atoms with Gasteiger partial charge in [-0.15, -0.1) is 0 Å². The van der Waals surface area contributed by atoms with Crippen LogP contribution in [0.2, 0.25) is 0 Å². The van der Waals surface area contributed by atoms with Gasteiger partial charge in [-0.2, -0.15) is 13.2 Å². The van der Waals surface area contributed by atoms with E-state index in [-0.39, 0.29) is 27.8 Å². The van der Waals surface area contributed by atoms with E-state index in [0.717, 1.165) is 18.2 Å². The molecule has 2 heterocycles. The lowest BCUT2D eigenvalue weighted by Crippen LogP contribution is -3.10. The molecule has 2 aromatic carbocycles. The Hall–Kier alpha value is -5.26. The predicted octanol–water partition coefficient (Wildman–Crippen LogP) is 2.71. The van der Waals surface area contributed by atoms with Crippen molar-refractivity contribution < 1.29 is 60.8 Å². The number of carboxylic acids is 1. The number of carbonyl (C=O) groups is 3. The number of nitrogens with zero attached hydrogens (tertiary/aromatic N) is 2. The van der Waals surface area contributed by atoms with Gasteiger partial charge in [0.2, 0.25) is 5.89 Å². The van der Waals surface area contributed by atoms with Gasteiger partial charge in [-0.05, 0) is 30.3 Å². The summed E-state index contributed by atoms with van der Waals surface area (Å²) in [6, 6.07) is 4.92. The zero-order valence-corrected chi connectivity index (χ0v) is 22.8. The topological polar surface area (TPSA) is 179 Å². The number of aliphatic carboxylic acids is 1. The molecule has 0 saturated heterocycles. The highest BCUT2D eigenvalue weighted by molar-refractivity contribution is 5.98. The molecule has 12 nitrogen and oxygen atoms in total. The summed E-state index contributed by atoms with van der Waals surface area (Å²) in [5, 5.41) is 32.6. The highest BCUT2D eigenvalue weighted by atomic mass is 19.4. The van der Waals surface area contributed by atoms with Gasteiger partial charge in [-0.3, -0.25) is 9.86 Å². The predicted molar refractivity (Wildman–Crippen MR) is 142 cm³/mol. The monoisotopic (exact) mass is 636 g/mol. The summed E-state index contributed by atoms with van der Waals surface area (Å²) in [5.41, 5.74) is -2.39. The molecule has 0 spiro atoms. The highest BCUT2D eigenvalue weighted by Gasteiger charge is 2.35. The number of hydroxylamine groups is 2. The number of hydrogen-bond donors (Lipinski definition) is 4. The molecule has 1 unspecified atom stereocenters. The summed E-state index contributed by atoms with van der Waals surface area (Å²) >= 11 is 0. The fraction of sp³-hybridized carbons (Fsp3) is 0.179. The third kappa shape index (κ3) is 7.11. The summed E-state index contributed by atoms with van der Waals surface area (Å²) in [6.45, 7) is -1.65. The summed E-state index contributed by atoms with van der Waals surface area (Å²) in [4.78, 5) is 44.1. The number of carboxylic acid groups (broad SMARTS) is 1. The Kier molecular flexibility index (Phi) is 9.55. The van der Waals surface area contributed by atoms with E-state index in [1.165, 1.54) is 19.2 Å². The number of ether oxygens (including phenoxy) is 1. The van der Waals surface area contributed by atoms with E-state index in [2.05, 4.69) is 15.3 Å². The SMILES string of the molecule is COc1ccc(-c2nc(C(=O)NCc3ccc(F)cc3F)c([C@H](CO)[NH+]([O-])C(=O)/C=C/C(=O)O)o2)c2ccc(C(F)(F)F)nc12. The Morgan fingerprint density at radius 2 is 1.84 bits per heavy atom. The van der Waals surface area contributed by atoms with E-state index in [4.69, 9.17) is 14.3 Å². The molecule has 0 aliphatic carbocycles. The number of quaternary nitrogens is 1. The Labute approximate surface area is 248 Å². The first kappa shape index (κ1) is 32.6. The molecular formula is C28H21F5N4O8. The average Bonchev–Trinajstić information content (AvgIpc) is 3.43. The molecule has 0 aliphatic rings. The van der Waals surface area contributed by atoms with Gasteiger partial charge in [0.1, 0.15) is 35.2 Å². The fourth-order valence-corrected chi connectivity index (χ4v) is 4.16. The van der Waals surface area contributed by atoms with Crippen LogP contribution in [0.25, 0.3) is 22.4 Å². The number of aliphatic hydroxyl groups is 1. The third-order valence-corrected chi connectivity index (χ3v) is 6.32. The molecule has 2 aromatic heterocycles. The summed E-state index contributed by atoms with van der Waals surface area (Å²) in [6.07, 6.45) is -4.02. The number of aromatic nitrogens is 2. The number of amides is 2. The number of methoxy groups -OCH3 is 1. The molecule has 0 fully saturated rings. The summed E-state index contributed by atoms with van der Waals surface area (Å²) < 4.78 is 78.4. The Bertz CT molecular complexity index is 1810. The van der Waals surface area contributed by atoms with E-state index in [1.54, 1.807) is 0 Å². The van der Waals surface area contributed by atoms with Crippen molar-refractivity contribution in [1.29, 1.82) is 0 Å². The normalized spacial score (nSPS) is 13.2. The second kappa shape index (κ2) is 13.2. The van der Waals surface area contributed by atoms with Crippen LogP contribution in [0.4, 0.5) is 22.0 Å². The molecule has 0 bridgehead atoms. The molecule has 2 amide bonds. The maximum Gasteiger partial charge on any atom is 0.433 e. The number of fused-ring (bicyclic) bond motifs is 1. The molecule has 236 valence electrons. The van der Waals surface area contributed by atoms with Gasteiger partial charge in [-0.25, -0.2) is 28.3 Å². The number of carbonyl (C=O) groups excluding carboxylic acids is 2. The number of halogens is 5. The number of alkyl halides is 3. The Morgan fingerprint density at radius 3 is 2.47 bits per heavy atom. The molecule has 0 aliphatic heterocycles. The minimum absolute atomic E-state index is 0.00262. The van der Waals surface area contributed by atoms with Crippen molar-refractivity contribution in [3.63, 3.8) is 0 Å². The van der Waals surface area contributed by atoms with E-state index in [9.17, 15) is 46.6 Å². The quantitative estimate of drug-likeness (QED) is 0.115. The van der Waals surface area contributed by atoms with E-state index in [0.29, 0.717) is 24.3 Å². The van der Waals surface area contributed by atoms with Gasteiger partial charge in [-0.1, -0.05) is 6.07 Å². The van der Waals surface area contributed by atoms with Crippen LogP contribution in [0.1, 0.15) is 33.5 Å². The number of benzene rings is 2. The molecule has 17 heteroatoms. The van der Waals surface area contributed by atoms with Crippen LogP contribution < -0.4 is 15.1 Å². The maximum atomic E-state index is 14.2. The Balaban J connectivity index is 1.84. The zero-order valence-electron chi connectivity index (χ0n) is 22.8. The van der Waals surface area contributed by atoms with Crippen molar-refractivity contribution in [1.82, 2.24) is 15.3 Å². The minimum Gasteiger partial charge on any atom is -0.626 e. The third-order valence-electron chi connectivity index (χ3n) is 6.32. The number of hydrogen-bond acceptors (Lipinski definition) is 9. The van der Waals surface area contributed by atoms with Crippen molar-refractivity contribution in [3.05, 3.63) is 94.2 Å². The van der Waals surface area contributed by atoms with Crippen LogP contribution >= 0.6 is 0 Å². The van der Waals surface area contributed by atoms with Gasteiger partial charge < -0.3 is 29.9 Å². The van der Waals surface area contributed by atoms with Gasteiger partial charge in [0.05, 0.1) is 13.2 Å². The van der Waals surface area contributed by atoms with Crippen molar-refractivity contribution in [2.75, 3.05) is 13.7 Å². The number of aliphatic hydroxyl groups excluding tert-OH is 1. The molecule has 2 atom stereocenters. The van der Waals surface area contributed by atoms with Crippen LogP contribution in [-0.4, -0.2) is 51.7 Å². The maximum absolute atomic E-state index is 14.2. The molecule has 4 rings (SSSR count). The van der Waals surface area contributed by atoms with Crippen molar-refractivity contribution in [2.24, 2.45) is 0 Å². The average molecular weight is 636 g/mol. The summed E-state index contributed by atoms with van der Waals surface area (Å²) in [7, 11) is 1.19. The van der Waals surface area contributed by atoms with E-state index < -0.39 is 82.9 Å². The number of oxazole rings is 1. The van der Waals surface area contributed by atoms with Gasteiger partial charge in [0, 0.05) is 35.2 Å². The lowest BCUT2D eigenvalue weighted by molar-refractivity contribution is -0.801. The second-order valence-electron chi connectivity index (χ2n) is 9.19. The lowest BCUT2D eigenvalue weighted by Gasteiger charge is -2.25. The summed E-state index contributed by atoms with van der Waals surface area (Å²) in [5.74, 6) is -7.11. The first-order valence-corrected chi connectivity index (χ1v) is 12.6. The molecule has 4 aromatic rings. The molecule has 0 radical (unpaired) electrons. The minimum atomic E-state index is -4.81. The molecule has 0 saturated carbocycles. The van der Waals surface area contributed by atoms with Crippen LogP contribution in [-0.2, 0) is 22.3 Å². The molecular weight excluding hydrogens is 615 g/mol. The number of nitrogens with one attached hydrogen (secondary N) is 2.